The van der Waals surface area contributed by atoms with Crippen LogP contribution in [0.15, 0.2) is 18.2 Å². The van der Waals surface area contributed by atoms with E-state index in [4.69, 9.17) is 16.3 Å². The van der Waals surface area contributed by atoms with Gasteiger partial charge in [-0.25, -0.2) is 9.97 Å². The first-order valence-electron chi connectivity index (χ1n) is 10.6. The topological polar surface area (TPSA) is 84.4 Å². The molecule has 1 aromatic carbocycles. The van der Waals surface area contributed by atoms with E-state index >= 15 is 0 Å². The lowest BCUT2D eigenvalue weighted by molar-refractivity contribution is -0.132. The monoisotopic (exact) mass is 474 g/mol. The molecule has 0 atom stereocenters. The van der Waals surface area contributed by atoms with Crippen LogP contribution in [0.3, 0.4) is 0 Å². The predicted octanol–water partition coefficient (Wildman–Crippen LogP) is 5.02. The van der Waals surface area contributed by atoms with Crippen LogP contribution in [0.4, 0.5) is 5.69 Å². The van der Waals surface area contributed by atoms with Crippen molar-refractivity contribution in [1.29, 1.82) is 0 Å². The molecule has 7 nitrogen and oxygen atoms in total. The third-order valence-corrected chi connectivity index (χ3v) is 6.68. The molecule has 1 N–H and O–H groups in total. The lowest BCUT2D eigenvalue weighted by Crippen LogP contribution is -2.34. The van der Waals surface area contributed by atoms with Crippen molar-refractivity contribution in [1.82, 2.24) is 14.9 Å². The number of ether oxygens (including phenoxy) is 1. The van der Waals surface area contributed by atoms with Crippen LogP contribution in [-0.2, 0) is 11.2 Å². The minimum Gasteiger partial charge on any atom is -0.482 e. The molecule has 0 bridgehead atoms. The molecular weight excluding hydrogens is 448 g/mol. The van der Waals surface area contributed by atoms with Crippen molar-refractivity contribution < 1.29 is 14.3 Å². The highest BCUT2D eigenvalue weighted by Crippen LogP contribution is 2.33. The van der Waals surface area contributed by atoms with Crippen LogP contribution in [0, 0.1) is 13.8 Å². The number of nitrogens with zero attached hydrogens (tertiary/aromatic N) is 3. The average molecular weight is 475 g/mol. The van der Waals surface area contributed by atoms with Gasteiger partial charge in [0, 0.05) is 36.3 Å². The molecule has 0 saturated heterocycles. The van der Waals surface area contributed by atoms with Crippen molar-refractivity contribution in [3.63, 3.8) is 0 Å². The van der Waals surface area contributed by atoms with Gasteiger partial charge in [-0.05, 0) is 51.5 Å². The Morgan fingerprint density at radius 3 is 2.50 bits per heavy atom. The molecule has 32 heavy (non-hydrogen) atoms. The molecule has 0 aliphatic carbocycles. The summed E-state index contributed by atoms with van der Waals surface area (Å²) in [5, 5.41) is 4.13. The van der Waals surface area contributed by atoms with E-state index in [-0.39, 0.29) is 18.4 Å². The number of likely N-dealkylation sites (N-methyl/N-ethyl adjacent to an activating group) is 1. The number of halogens is 1. The summed E-state index contributed by atoms with van der Waals surface area (Å²) in [7, 11) is 0. The molecule has 2 heterocycles. The van der Waals surface area contributed by atoms with Crippen LogP contribution < -0.4 is 10.1 Å². The van der Waals surface area contributed by atoms with Crippen molar-refractivity contribution in [2.75, 3.05) is 25.0 Å². The molecule has 3 rings (SSSR count). The van der Waals surface area contributed by atoms with E-state index in [9.17, 15) is 9.59 Å². The van der Waals surface area contributed by atoms with Crippen molar-refractivity contribution in [2.24, 2.45) is 0 Å². The summed E-state index contributed by atoms with van der Waals surface area (Å²) in [5.41, 5.74) is 2.28. The second kappa shape index (κ2) is 10.3. The van der Waals surface area contributed by atoms with E-state index in [1.807, 2.05) is 34.6 Å². The highest BCUT2D eigenvalue weighted by Gasteiger charge is 2.19. The zero-order valence-corrected chi connectivity index (χ0v) is 20.5. The summed E-state index contributed by atoms with van der Waals surface area (Å²) in [6, 6.07) is 4.96. The van der Waals surface area contributed by atoms with Crippen LogP contribution in [0.25, 0.3) is 10.2 Å². The number of aromatic nitrogens is 2. The molecule has 0 aliphatic rings. The number of aryl methyl sites for hydroxylation is 3. The van der Waals surface area contributed by atoms with Crippen LogP contribution >= 0.6 is 22.9 Å². The fourth-order valence-electron chi connectivity index (χ4n) is 3.46. The summed E-state index contributed by atoms with van der Waals surface area (Å²) < 4.78 is 5.57. The maximum atomic E-state index is 12.9. The number of nitrogens with one attached hydrogen (secondary N) is 1. The first-order chi connectivity index (χ1) is 15.3. The molecule has 0 radical (unpaired) electrons. The quantitative estimate of drug-likeness (QED) is 0.495. The van der Waals surface area contributed by atoms with Crippen molar-refractivity contribution in [3.05, 3.63) is 45.2 Å². The number of hydrogen-bond acceptors (Lipinski definition) is 6. The molecule has 2 aromatic heterocycles. The van der Waals surface area contributed by atoms with Gasteiger partial charge < -0.3 is 15.0 Å². The number of benzene rings is 1. The maximum Gasteiger partial charge on any atom is 0.266 e. The first-order valence-corrected chi connectivity index (χ1v) is 11.8. The van der Waals surface area contributed by atoms with E-state index in [1.54, 1.807) is 23.1 Å². The molecule has 2 amide bonds. The van der Waals surface area contributed by atoms with Gasteiger partial charge in [0.1, 0.15) is 16.4 Å². The molecule has 0 saturated carbocycles. The van der Waals surface area contributed by atoms with E-state index < -0.39 is 0 Å². The molecule has 0 aliphatic heterocycles. The van der Waals surface area contributed by atoms with Crippen LogP contribution in [0.2, 0.25) is 5.02 Å². The summed E-state index contributed by atoms with van der Waals surface area (Å²) in [6.07, 6.45) is 0.739. The smallest absolute Gasteiger partial charge is 0.266 e. The Morgan fingerprint density at radius 2 is 1.88 bits per heavy atom. The third kappa shape index (κ3) is 5.02. The van der Waals surface area contributed by atoms with Gasteiger partial charge in [-0.1, -0.05) is 18.5 Å². The highest BCUT2D eigenvalue weighted by atomic mass is 35.5. The fourth-order valence-corrected chi connectivity index (χ4v) is 4.84. The normalized spacial score (nSPS) is 10.9. The van der Waals surface area contributed by atoms with Gasteiger partial charge in [0.25, 0.3) is 11.8 Å². The standard InChI is InChI=1S/C23H27ClN4O3S/c1-6-18-25-14(5)20-13(4)21(32-23(20)27-18)22(30)26-15-9-10-17(16(24)11-15)31-12-19(29)28(7-2)8-3/h9-11H,6-8,12H2,1-5H3,(H,26,30). The Morgan fingerprint density at radius 1 is 1.16 bits per heavy atom. The lowest BCUT2D eigenvalue weighted by Gasteiger charge is -2.19. The largest absolute Gasteiger partial charge is 0.482 e. The van der Waals surface area contributed by atoms with Crippen molar-refractivity contribution in [2.45, 2.75) is 41.0 Å². The number of anilines is 1. The van der Waals surface area contributed by atoms with E-state index in [0.29, 0.717) is 34.4 Å². The molecule has 9 heteroatoms. The van der Waals surface area contributed by atoms with E-state index in [1.165, 1.54) is 11.3 Å². The minimum absolute atomic E-state index is 0.0891. The number of thiophene rings is 1. The Kier molecular flexibility index (Phi) is 7.69. The SMILES string of the molecule is CCc1nc(C)c2c(C)c(C(=O)Nc3ccc(OCC(=O)N(CC)CC)c(Cl)c3)sc2n1. The highest BCUT2D eigenvalue weighted by molar-refractivity contribution is 7.20. The van der Waals surface area contributed by atoms with E-state index in [2.05, 4.69) is 15.3 Å². The number of carbonyl (C=O) groups excluding carboxylic acids is 2. The van der Waals surface area contributed by atoms with Crippen molar-refractivity contribution >= 4 is 50.7 Å². The second-order valence-corrected chi connectivity index (χ2v) is 8.68. The number of rotatable bonds is 8. The van der Waals surface area contributed by atoms with Gasteiger partial charge in [0.15, 0.2) is 6.61 Å². The molecule has 0 fully saturated rings. The Bertz CT molecular complexity index is 1160. The summed E-state index contributed by atoms with van der Waals surface area (Å²) in [4.78, 5) is 37.2. The van der Waals surface area contributed by atoms with Crippen molar-refractivity contribution in [3.8, 4) is 5.75 Å². The predicted molar refractivity (Wildman–Crippen MR) is 129 cm³/mol. The zero-order valence-electron chi connectivity index (χ0n) is 18.9. The fraction of sp³-hybridized carbons (Fsp3) is 0.391. The minimum atomic E-state index is -0.232. The Hall–Kier alpha value is -2.71. The number of hydrogen-bond donors (Lipinski definition) is 1. The molecule has 0 unspecified atom stereocenters. The Labute approximate surface area is 196 Å². The van der Waals surface area contributed by atoms with Gasteiger partial charge in [-0.3, -0.25) is 9.59 Å². The summed E-state index contributed by atoms with van der Waals surface area (Å²) >= 11 is 7.68. The first kappa shape index (κ1) is 23.9. The molecule has 170 valence electrons. The van der Waals surface area contributed by atoms with Crippen LogP contribution in [-0.4, -0.2) is 46.4 Å². The maximum absolute atomic E-state index is 12.9. The third-order valence-electron chi connectivity index (χ3n) is 5.20. The molecule has 0 spiro atoms. The lowest BCUT2D eigenvalue weighted by atomic mass is 10.1. The van der Waals surface area contributed by atoms with Gasteiger partial charge >= 0.3 is 0 Å². The van der Waals surface area contributed by atoms with Crippen LogP contribution in [0.1, 0.15) is 47.5 Å². The van der Waals surface area contributed by atoms with E-state index in [0.717, 1.165) is 33.7 Å². The summed E-state index contributed by atoms with van der Waals surface area (Å²) in [5.74, 6) is 0.823. The van der Waals surface area contributed by atoms with Gasteiger partial charge in [0.2, 0.25) is 0 Å². The van der Waals surface area contributed by atoms with Gasteiger partial charge in [-0.15, -0.1) is 11.3 Å². The van der Waals surface area contributed by atoms with Gasteiger partial charge in [-0.2, -0.15) is 0 Å². The summed E-state index contributed by atoms with van der Waals surface area (Å²) in [6.45, 7) is 10.8. The average Bonchev–Trinajstić information content (AvgIpc) is 3.10. The molecule has 3 aromatic rings. The van der Waals surface area contributed by atoms with Gasteiger partial charge in [0.05, 0.1) is 9.90 Å². The Balaban J connectivity index is 1.74. The zero-order chi connectivity index (χ0) is 23.4. The number of carbonyl (C=O) groups is 2. The number of fused-ring (bicyclic) bond motifs is 1. The second-order valence-electron chi connectivity index (χ2n) is 7.27. The number of amides is 2. The van der Waals surface area contributed by atoms with Crippen LogP contribution in [0.5, 0.6) is 5.75 Å². The molecular formula is C23H27ClN4O3S.